The lowest BCUT2D eigenvalue weighted by Crippen LogP contribution is -2.00. The Labute approximate surface area is 206 Å². The van der Waals surface area contributed by atoms with E-state index >= 15 is 0 Å². The molecule has 7 rings (SSSR count). The molecule has 5 aromatic carbocycles. The highest BCUT2D eigenvalue weighted by atomic mass is 16.3. The first-order chi connectivity index (χ1) is 17.8. The molecule has 0 N–H and O–H groups in total. The standard InChI is InChI=1S/C32H17N3O/c33-18-22-6-5-7-23(19-34)32(22)35-28-10-3-1-8-24(28)26-16-20(12-14-29(26)35)21-13-15-31-27(17-21)25-9-2-4-11-30(25)36-31/h1-17H. The van der Waals surface area contributed by atoms with E-state index < -0.39 is 0 Å². The molecule has 36 heavy (non-hydrogen) atoms. The minimum atomic E-state index is 0.470. The second kappa shape index (κ2) is 7.60. The van der Waals surface area contributed by atoms with Crippen molar-refractivity contribution >= 4 is 43.7 Å². The van der Waals surface area contributed by atoms with Gasteiger partial charge in [-0.2, -0.15) is 10.5 Å². The highest BCUT2D eigenvalue weighted by Crippen LogP contribution is 2.38. The van der Waals surface area contributed by atoms with Crippen LogP contribution in [0.5, 0.6) is 0 Å². The fraction of sp³-hybridized carbons (Fsp3) is 0. The van der Waals surface area contributed by atoms with Gasteiger partial charge >= 0.3 is 0 Å². The van der Waals surface area contributed by atoms with Gasteiger partial charge in [-0.25, -0.2) is 0 Å². The lowest BCUT2D eigenvalue weighted by atomic mass is 10.0. The van der Waals surface area contributed by atoms with E-state index in [0.29, 0.717) is 16.8 Å². The number of benzene rings is 5. The van der Waals surface area contributed by atoms with Gasteiger partial charge in [0.05, 0.1) is 27.8 Å². The monoisotopic (exact) mass is 459 g/mol. The molecule has 2 aromatic heterocycles. The molecule has 4 heteroatoms. The van der Waals surface area contributed by atoms with Gasteiger partial charge in [-0.15, -0.1) is 0 Å². The molecule has 0 spiro atoms. The van der Waals surface area contributed by atoms with Crippen LogP contribution in [0.4, 0.5) is 0 Å². The summed E-state index contributed by atoms with van der Waals surface area (Å²) in [5.74, 6) is 0. The molecule has 0 unspecified atom stereocenters. The van der Waals surface area contributed by atoms with Gasteiger partial charge in [0.1, 0.15) is 23.3 Å². The highest BCUT2D eigenvalue weighted by Gasteiger charge is 2.18. The first-order valence-electron chi connectivity index (χ1n) is 11.7. The Balaban J connectivity index is 1.51. The Bertz CT molecular complexity index is 2050. The maximum Gasteiger partial charge on any atom is 0.135 e. The van der Waals surface area contributed by atoms with Crippen LogP contribution in [-0.4, -0.2) is 4.57 Å². The number of hydrogen-bond acceptors (Lipinski definition) is 3. The molecular formula is C32H17N3O. The van der Waals surface area contributed by atoms with Crippen LogP contribution in [-0.2, 0) is 0 Å². The van der Waals surface area contributed by atoms with E-state index in [0.717, 1.165) is 54.9 Å². The predicted molar refractivity (Wildman–Crippen MR) is 143 cm³/mol. The van der Waals surface area contributed by atoms with Crippen LogP contribution in [0.1, 0.15) is 11.1 Å². The minimum absolute atomic E-state index is 0.470. The van der Waals surface area contributed by atoms with E-state index in [2.05, 4.69) is 54.6 Å². The van der Waals surface area contributed by atoms with Crippen molar-refractivity contribution in [3.63, 3.8) is 0 Å². The average Bonchev–Trinajstić information content (AvgIpc) is 3.47. The van der Waals surface area contributed by atoms with Gasteiger partial charge in [0.15, 0.2) is 0 Å². The van der Waals surface area contributed by atoms with Gasteiger partial charge in [0.2, 0.25) is 0 Å². The molecule has 4 nitrogen and oxygen atoms in total. The Hall–Kier alpha value is -5.32. The molecule has 166 valence electrons. The SMILES string of the molecule is N#Cc1cccc(C#N)c1-n1c2ccccc2c2cc(-c3ccc4oc5ccccc5c4c3)ccc21. The Morgan fingerprint density at radius 3 is 1.92 bits per heavy atom. The summed E-state index contributed by atoms with van der Waals surface area (Å²) >= 11 is 0. The van der Waals surface area contributed by atoms with Gasteiger partial charge in [0, 0.05) is 21.5 Å². The molecule has 0 bridgehead atoms. The summed E-state index contributed by atoms with van der Waals surface area (Å²) in [5.41, 5.74) is 7.41. The zero-order valence-electron chi connectivity index (χ0n) is 19.1. The van der Waals surface area contributed by atoms with Gasteiger partial charge in [-0.05, 0) is 59.7 Å². The van der Waals surface area contributed by atoms with Crippen LogP contribution in [0.15, 0.2) is 108 Å². The van der Waals surface area contributed by atoms with Crippen molar-refractivity contribution in [1.82, 2.24) is 4.57 Å². The number of para-hydroxylation sites is 3. The van der Waals surface area contributed by atoms with Crippen molar-refractivity contribution in [3.8, 4) is 29.0 Å². The van der Waals surface area contributed by atoms with E-state index in [1.165, 1.54) is 0 Å². The van der Waals surface area contributed by atoms with Crippen molar-refractivity contribution in [2.75, 3.05) is 0 Å². The van der Waals surface area contributed by atoms with Gasteiger partial charge in [-0.1, -0.05) is 54.6 Å². The van der Waals surface area contributed by atoms with Crippen LogP contribution in [0.25, 0.3) is 60.6 Å². The number of furan rings is 1. The smallest absolute Gasteiger partial charge is 0.135 e. The number of nitriles is 2. The zero-order valence-corrected chi connectivity index (χ0v) is 19.1. The van der Waals surface area contributed by atoms with E-state index in [-0.39, 0.29) is 0 Å². The average molecular weight is 460 g/mol. The Morgan fingerprint density at radius 1 is 0.528 bits per heavy atom. The third-order valence-corrected chi connectivity index (χ3v) is 6.88. The van der Waals surface area contributed by atoms with Gasteiger partial charge < -0.3 is 8.98 Å². The lowest BCUT2D eigenvalue weighted by molar-refractivity contribution is 0.669. The predicted octanol–water partition coefficient (Wildman–Crippen LogP) is 8.09. The summed E-state index contributed by atoms with van der Waals surface area (Å²) < 4.78 is 8.05. The molecule has 0 saturated heterocycles. The molecular weight excluding hydrogens is 442 g/mol. The van der Waals surface area contributed by atoms with Crippen molar-refractivity contribution in [2.45, 2.75) is 0 Å². The second-order valence-corrected chi connectivity index (χ2v) is 8.82. The van der Waals surface area contributed by atoms with E-state index in [1.807, 2.05) is 47.0 Å². The zero-order chi connectivity index (χ0) is 24.2. The summed E-state index contributed by atoms with van der Waals surface area (Å²) in [5, 5.41) is 24.0. The molecule has 7 aromatic rings. The van der Waals surface area contributed by atoms with Crippen molar-refractivity contribution in [3.05, 3.63) is 114 Å². The molecule has 0 radical (unpaired) electrons. The number of fused-ring (bicyclic) bond motifs is 6. The molecule has 0 aliphatic carbocycles. The van der Waals surface area contributed by atoms with Crippen molar-refractivity contribution < 1.29 is 4.42 Å². The molecule has 0 aliphatic heterocycles. The normalized spacial score (nSPS) is 11.3. The van der Waals surface area contributed by atoms with E-state index in [9.17, 15) is 10.5 Å². The maximum absolute atomic E-state index is 9.84. The largest absolute Gasteiger partial charge is 0.456 e. The number of hydrogen-bond donors (Lipinski definition) is 0. The van der Waals surface area contributed by atoms with E-state index in [1.54, 1.807) is 18.2 Å². The Kier molecular flexibility index (Phi) is 4.24. The fourth-order valence-corrected chi connectivity index (χ4v) is 5.26. The lowest BCUT2D eigenvalue weighted by Gasteiger charge is -2.12. The van der Waals surface area contributed by atoms with Gasteiger partial charge in [0.25, 0.3) is 0 Å². The summed E-state index contributed by atoms with van der Waals surface area (Å²) in [6.07, 6.45) is 0. The first kappa shape index (κ1) is 20.1. The minimum Gasteiger partial charge on any atom is -0.456 e. The summed E-state index contributed by atoms with van der Waals surface area (Å²) in [6.45, 7) is 0. The summed E-state index contributed by atoms with van der Waals surface area (Å²) in [7, 11) is 0. The summed E-state index contributed by atoms with van der Waals surface area (Å²) in [6, 6.07) is 38.7. The van der Waals surface area contributed by atoms with Gasteiger partial charge in [-0.3, -0.25) is 0 Å². The second-order valence-electron chi connectivity index (χ2n) is 8.82. The van der Waals surface area contributed by atoms with Crippen molar-refractivity contribution in [2.24, 2.45) is 0 Å². The van der Waals surface area contributed by atoms with Crippen molar-refractivity contribution in [1.29, 1.82) is 10.5 Å². The highest BCUT2D eigenvalue weighted by molar-refractivity contribution is 6.11. The Morgan fingerprint density at radius 2 is 1.14 bits per heavy atom. The molecule has 2 heterocycles. The van der Waals surface area contributed by atoms with Crippen LogP contribution in [0.3, 0.4) is 0 Å². The number of nitrogens with zero attached hydrogens (tertiary/aromatic N) is 3. The van der Waals surface area contributed by atoms with E-state index in [4.69, 9.17) is 4.42 Å². The molecule has 0 amide bonds. The molecule has 0 saturated carbocycles. The maximum atomic E-state index is 9.84. The molecule has 0 fully saturated rings. The quantitative estimate of drug-likeness (QED) is 0.262. The number of aromatic nitrogens is 1. The molecule has 0 atom stereocenters. The third-order valence-electron chi connectivity index (χ3n) is 6.88. The van der Waals surface area contributed by atoms with Crippen LogP contribution in [0.2, 0.25) is 0 Å². The van der Waals surface area contributed by atoms with Crippen LogP contribution >= 0.6 is 0 Å². The van der Waals surface area contributed by atoms with Crippen LogP contribution in [0, 0.1) is 22.7 Å². The topological polar surface area (TPSA) is 65.7 Å². The fourth-order valence-electron chi connectivity index (χ4n) is 5.26. The third kappa shape index (κ3) is 2.79. The molecule has 0 aliphatic rings. The summed E-state index contributed by atoms with van der Waals surface area (Å²) in [4.78, 5) is 0. The van der Waals surface area contributed by atoms with Crippen LogP contribution < -0.4 is 0 Å². The first-order valence-corrected chi connectivity index (χ1v) is 11.7. The number of rotatable bonds is 2.